The van der Waals surface area contributed by atoms with Crippen LogP contribution in [0.25, 0.3) is 0 Å². The van der Waals surface area contributed by atoms with Gasteiger partial charge in [0.15, 0.2) is 0 Å². The average molecular weight is 269 g/mol. The van der Waals surface area contributed by atoms with Gasteiger partial charge in [-0.2, -0.15) is 0 Å². The Morgan fingerprint density at radius 1 is 1.21 bits per heavy atom. The minimum atomic E-state index is -0.108. The molecule has 1 aliphatic heterocycles. The van der Waals surface area contributed by atoms with E-state index >= 15 is 0 Å². The zero-order valence-electron chi connectivity index (χ0n) is 12.7. The highest BCUT2D eigenvalue weighted by atomic mass is 16.3. The molecule has 4 heteroatoms. The fraction of sp³-hybridized carbons (Fsp3) is 1.00. The summed E-state index contributed by atoms with van der Waals surface area (Å²) in [5, 5.41) is 13.1. The summed E-state index contributed by atoms with van der Waals surface area (Å²) in [6, 6.07) is 0.913. The highest BCUT2D eigenvalue weighted by Gasteiger charge is 2.31. The number of aliphatic hydroxyl groups excluding tert-OH is 1. The highest BCUT2D eigenvalue weighted by molar-refractivity contribution is 4.89. The Hall–Kier alpha value is -0.160. The summed E-state index contributed by atoms with van der Waals surface area (Å²) in [6.07, 6.45) is 5.00. The molecule has 2 fully saturated rings. The normalized spacial score (nSPS) is 25.4. The first kappa shape index (κ1) is 15.2. The van der Waals surface area contributed by atoms with Gasteiger partial charge in [-0.3, -0.25) is 4.90 Å². The fourth-order valence-electron chi connectivity index (χ4n) is 2.85. The molecule has 0 aromatic rings. The lowest BCUT2D eigenvalue weighted by atomic mass is 9.98. The zero-order valence-corrected chi connectivity index (χ0v) is 12.7. The molecule has 0 aromatic heterocycles. The van der Waals surface area contributed by atoms with E-state index in [-0.39, 0.29) is 12.1 Å². The minimum Gasteiger partial charge on any atom is -0.394 e. The standard InChI is InChI=1S/C15H31N3O/c1-3-7-16-15(2,13-19)6-8-17-9-11-18(12-10-17)14-4-5-14/h14,16,19H,3-13H2,1-2H3. The van der Waals surface area contributed by atoms with Gasteiger partial charge in [0.25, 0.3) is 0 Å². The molecule has 0 bridgehead atoms. The molecule has 1 aliphatic carbocycles. The lowest BCUT2D eigenvalue weighted by Gasteiger charge is -2.37. The number of piperazine rings is 1. The first-order chi connectivity index (χ1) is 9.17. The third-order valence-electron chi connectivity index (χ3n) is 4.60. The van der Waals surface area contributed by atoms with Gasteiger partial charge in [-0.15, -0.1) is 0 Å². The molecular formula is C15H31N3O. The zero-order chi connectivity index (χ0) is 13.7. The monoisotopic (exact) mass is 269 g/mol. The Morgan fingerprint density at radius 3 is 2.42 bits per heavy atom. The molecule has 4 nitrogen and oxygen atoms in total. The Balaban J connectivity index is 1.66. The van der Waals surface area contributed by atoms with Crippen LogP contribution in [0, 0.1) is 0 Å². The molecule has 2 rings (SSSR count). The Bertz CT molecular complexity index is 262. The van der Waals surface area contributed by atoms with Crippen molar-refractivity contribution in [3.8, 4) is 0 Å². The van der Waals surface area contributed by atoms with E-state index in [9.17, 15) is 5.11 Å². The predicted molar refractivity (Wildman–Crippen MR) is 79.4 cm³/mol. The van der Waals surface area contributed by atoms with E-state index in [4.69, 9.17) is 0 Å². The molecule has 1 atom stereocenters. The smallest absolute Gasteiger partial charge is 0.0611 e. The SMILES string of the molecule is CCCNC(C)(CO)CCN1CCN(C2CC2)CC1. The van der Waals surface area contributed by atoms with Gasteiger partial charge < -0.3 is 15.3 Å². The molecule has 112 valence electrons. The summed E-state index contributed by atoms with van der Waals surface area (Å²) in [7, 11) is 0. The third-order valence-corrected chi connectivity index (χ3v) is 4.60. The molecule has 1 unspecified atom stereocenters. The summed E-state index contributed by atoms with van der Waals surface area (Å²) in [6.45, 7) is 11.5. The van der Waals surface area contributed by atoms with Gasteiger partial charge in [-0.05, 0) is 39.2 Å². The van der Waals surface area contributed by atoms with Crippen molar-refractivity contribution in [2.75, 3.05) is 45.9 Å². The van der Waals surface area contributed by atoms with Crippen LogP contribution in [0.2, 0.25) is 0 Å². The molecule has 0 amide bonds. The number of aliphatic hydroxyl groups is 1. The van der Waals surface area contributed by atoms with Crippen LogP contribution in [0.15, 0.2) is 0 Å². The second-order valence-electron chi connectivity index (χ2n) is 6.50. The molecule has 0 radical (unpaired) electrons. The van der Waals surface area contributed by atoms with E-state index in [1.807, 2.05) is 0 Å². The fourth-order valence-corrected chi connectivity index (χ4v) is 2.85. The molecule has 2 N–H and O–H groups in total. The quantitative estimate of drug-likeness (QED) is 0.687. The van der Waals surface area contributed by atoms with Gasteiger partial charge in [0.05, 0.1) is 6.61 Å². The van der Waals surface area contributed by atoms with Crippen LogP contribution >= 0.6 is 0 Å². The maximum absolute atomic E-state index is 9.58. The summed E-state index contributed by atoms with van der Waals surface area (Å²) < 4.78 is 0. The molecule has 1 saturated heterocycles. The second-order valence-corrected chi connectivity index (χ2v) is 6.50. The van der Waals surface area contributed by atoms with Crippen molar-refractivity contribution in [3.63, 3.8) is 0 Å². The summed E-state index contributed by atoms with van der Waals surface area (Å²) in [4.78, 5) is 5.21. The maximum atomic E-state index is 9.58. The molecular weight excluding hydrogens is 238 g/mol. The summed E-state index contributed by atoms with van der Waals surface area (Å²) in [5.74, 6) is 0. The van der Waals surface area contributed by atoms with Crippen LogP contribution in [0.4, 0.5) is 0 Å². The van der Waals surface area contributed by atoms with Gasteiger partial charge in [0, 0.05) is 44.3 Å². The first-order valence-electron chi connectivity index (χ1n) is 7.99. The van der Waals surface area contributed by atoms with Crippen molar-refractivity contribution in [2.45, 2.75) is 51.1 Å². The van der Waals surface area contributed by atoms with Crippen molar-refractivity contribution >= 4 is 0 Å². The first-order valence-corrected chi connectivity index (χ1v) is 7.99. The van der Waals surface area contributed by atoms with Gasteiger partial charge in [0.1, 0.15) is 0 Å². The van der Waals surface area contributed by atoms with Crippen LogP contribution in [-0.2, 0) is 0 Å². The van der Waals surface area contributed by atoms with E-state index in [2.05, 4.69) is 29.0 Å². The van der Waals surface area contributed by atoms with E-state index in [1.165, 1.54) is 39.0 Å². The Labute approximate surface area is 118 Å². The number of hydrogen-bond acceptors (Lipinski definition) is 4. The van der Waals surface area contributed by atoms with Crippen LogP contribution < -0.4 is 5.32 Å². The Kier molecular flexibility index (Phi) is 5.63. The number of rotatable bonds is 8. The van der Waals surface area contributed by atoms with E-state index in [0.717, 1.165) is 32.0 Å². The summed E-state index contributed by atoms with van der Waals surface area (Å²) in [5.41, 5.74) is -0.108. The number of hydrogen-bond donors (Lipinski definition) is 2. The molecule has 1 heterocycles. The van der Waals surface area contributed by atoms with Crippen LogP contribution in [-0.4, -0.2) is 72.4 Å². The Morgan fingerprint density at radius 2 is 1.89 bits per heavy atom. The predicted octanol–water partition coefficient (Wildman–Crippen LogP) is 0.907. The second kappa shape index (κ2) is 7.02. The van der Waals surface area contributed by atoms with Crippen molar-refractivity contribution in [2.24, 2.45) is 0 Å². The van der Waals surface area contributed by atoms with Crippen LogP contribution in [0.3, 0.4) is 0 Å². The molecule has 1 saturated carbocycles. The lowest BCUT2D eigenvalue weighted by molar-refractivity contribution is 0.102. The summed E-state index contributed by atoms with van der Waals surface area (Å²) >= 11 is 0. The maximum Gasteiger partial charge on any atom is 0.0611 e. The molecule has 0 aromatic carbocycles. The number of nitrogens with zero attached hydrogens (tertiary/aromatic N) is 2. The molecule has 2 aliphatic rings. The van der Waals surface area contributed by atoms with Crippen LogP contribution in [0.1, 0.15) is 39.5 Å². The third kappa shape index (κ3) is 4.71. The van der Waals surface area contributed by atoms with Crippen molar-refractivity contribution in [1.82, 2.24) is 15.1 Å². The van der Waals surface area contributed by atoms with Gasteiger partial charge in [0.2, 0.25) is 0 Å². The molecule has 19 heavy (non-hydrogen) atoms. The van der Waals surface area contributed by atoms with Crippen molar-refractivity contribution < 1.29 is 5.11 Å². The van der Waals surface area contributed by atoms with Gasteiger partial charge >= 0.3 is 0 Å². The van der Waals surface area contributed by atoms with Gasteiger partial charge in [-0.25, -0.2) is 0 Å². The van der Waals surface area contributed by atoms with E-state index in [1.54, 1.807) is 0 Å². The van der Waals surface area contributed by atoms with Crippen molar-refractivity contribution in [3.05, 3.63) is 0 Å². The lowest BCUT2D eigenvalue weighted by Crippen LogP contribution is -2.51. The van der Waals surface area contributed by atoms with Crippen molar-refractivity contribution in [1.29, 1.82) is 0 Å². The van der Waals surface area contributed by atoms with Crippen LogP contribution in [0.5, 0.6) is 0 Å². The number of nitrogens with one attached hydrogen (secondary N) is 1. The van der Waals surface area contributed by atoms with Gasteiger partial charge in [-0.1, -0.05) is 6.92 Å². The molecule has 0 spiro atoms. The average Bonchev–Trinajstić information content (AvgIpc) is 3.28. The van der Waals surface area contributed by atoms with E-state index in [0.29, 0.717) is 0 Å². The topological polar surface area (TPSA) is 38.7 Å². The highest BCUT2D eigenvalue weighted by Crippen LogP contribution is 2.27. The largest absolute Gasteiger partial charge is 0.394 e. The van der Waals surface area contributed by atoms with E-state index < -0.39 is 0 Å². The minimum absolute atomic E-state index is 0.108.